The maximum absolute atomic E-state index is 14.6. The largest absolute Gasteiger partial charge is 0.393 e. The number of aromatic amines is 1. The van der Waals surface area contributed by atoms with Gasteiger partial charge in [-0.3, -0.25) is 43.2 Å². The summed E-state index contributed by atoms with van der Waals surface area (Å²) in [5.41, 5.74) is 25.3. The number of rotatable bonds is 24. The average Bonchev–Trinajstić information content (AvgIpc) is 3.82. The van der Waals surface area contributed by atoms with Crippen molar-refractivity contribution < 1.29 is 48.3 Å². The van der Waals surface area contributed by atoms with E-state index in [2.05, 4.69) is 59.8 Å². The Morgan fingerprint density at radius 2 is 1.22 bits per heavy atom. The molecule has 1 saturated heterocycles. The van der Waals surface area contributed by atoms with Gasteiger partial charge >= 0.3 is 0 Å². The van der Waals surface area contributed by atoms with Gasteiger partial charge < -0.3 is 80.9 Å². The molecule has 9 amide bonds. The molecule has 19 N–H and O–H groups in total. The Kier molecular flexibility index (Phi) is 28.7. The fourth-order valence-corrected chi connectivity index (χ4v) is 10.2. The van der Waals surface area contributed by atoms with Gasteiger partial charge in [0.2, 0.25) is 53.2 Å². The number of fused-ring (bicyclic) bond motifs is 1. The van der Waals surface area contributed by atoms with E-state index in [-0.39, 0.29) is 95.9 Å². The number of hydrogen-bond donors (Lipinski definition) is 15. The molecule has 79 heavy (non-hydrogen) atoms. The lowest BCUT2D eigenvalue weighted by Gasteiger charge is -2.33. The van der Waals surface area contributed by atoms with Gasteiger partial charge in [-0.2, -0.15) is 0 Å². The van der Waals surface area contributed by atoms with Crippen molar-refractivity contribution in [2.45, 2.75) is 197 Å². The summed E-state index contributed by atoms with van der Waals surface area (Å²) < 4.78 is 0. The van der Waals surface area contributed by atoms with Gasteiger partial charge in [0, 0.05) is 30.1 Å². The fourth-order valence-electron chi connectivity index (χ4n) is 10.2. The molecule has 4 rings (SSSR count). The number of carbonyl (C=O) groups is 9. The van der Waals surface area contributed by atoms with Gasteiger partial charge in [-0.15, -0.1) is 0 Å². The van der Waals surface area contributed by atoms with Gasteiger partial charge in [-0.05, 0) is 107 Å². The minimum atomic E-state index is -1.48. The lowest BCUT2D eigenvalue weighted by Crippen LogP contribution is -2.61. The molecule has 0 bridgehead atoms. The first kappa shape index (κ1) is 65.3. The van der Waals surface area contributed by atoms with Crippen molar-refractivity contribution in [2.75, 3.05) is 32.7 Å². The third-order valence-electron chi connectivity index (χ3n) is 14.6. The second-order valence-corrected chi connectivity index (χ2v) is 21.5. The van der Waals surface area contributed by atoms with E-state index in [0.717, 1.165) is 62.3 Å². The molecule has 442 valence electrons. The molecule has 24 nitrogen and oxygen atoms in total. The summed E-state index contributed by atoms with van der Waals surface area (Å²) in [7, 11) is 0. The van der Waals surface area contributed by atoms with Crippen molar-refractivity contribution in [1.29, 1.82) is 0 Å². The Bertz CT molecular complexity index is 2290. The van der Waals surface area contributed by atoms with Crippen LogP contribution in [0.2, 0.25) is 0 Å². The summed E-state index contributed by atoms with van der Waals surface area (Å²) >= 11 is 0. The zero-order chi connectivity index (χ0) is 57.9. The Balaban J connectivity index is 1.76. The summed E-state index contributed by atoms with van der Waals surface area (Å²) in [4.78, 5) is 131. The van der Waals surface area contributed by atoms with Crippen LogP contribution < -0.4 is 70.8 Å². The number of amides is 9. The third-order valence-corrected chi connectivity index (χ3v) is 14.6. The Labute approximate surface area is 464 Å². The standard InChI is InChI=1S/C55H92N14O10/c1-4-5-6-7-11-16-36(70)31-46(71)62-39(19-24-56)49(73)66-43-23-28-60-48(72)45(30-35-32-61-38-18-13-12-17-37(35)38)67-51(75)41(21-26-58)63-50(74)40(20-25-57)65-54(78)44(29-33(2)3)68-55(79)47(34-14-9-8-10-15-34)69-53(77)42(22-27-59)64-52(43)76/h12-13,17-18,32-34,36,39-45,47,61,70H,4-11,14-16,19-31,56-59H2,1-3H3,(H,60,72)(H,62,71)(H,63,74)(H,64,76)(H,65,78)(H,66,73)(H,67,75)(H,68,79)(H,69,77)/t36-,39-,40+,41+,42+,43+,44+,45+,47-/m1/s1. The van der Waals surface area contributed by atoms with Gasteiger partial charge in [0.25, 0.3) is 0 Å². The van der Waals surface area contributed by atoms with Crippen LogP contribution in [-0.4, -0.2) is 150 Å². The van der Waals surface area contributed by atoms with Crippen molar-refractivity contribution >= 4 is 64.1 Å². The molecule has 0 unspecified atom stereocenters. The number of para-hydroxylation sites is 1. The van der Waals surface area contributed by atoms with Gasteiger partial charge in [-0.25, -0.2) is 0 Å². The van der Waals surface area contributed by atoms with E-state index in [4.69, 9.17) is 22.9 Å². The number of benzene rings is 1. The van der Waals surface area contributed by atoms with Crippen LogP contribution in [0.1, 0.15) is 142 Å². The molecule has 2 fully saturated rings. The molecule has 2 aromatic rings. The van der Waals surface area contributed by atoms with Gasteiger partial charge in [0.15, 0.2) is 0 Å². The molecule has 1 aromatic carbocycles. The number of unbranched alkanes of at least 4 members (excludes halogenated alkanes) is 4. The number of aromatic nitrogens is 1. The molecule has 2 aliphatic rings. The highest BCUT2D eigenvalue weighted by Crippen LogP contribution is 2.27. The van der Waals surface area contributed by atoms with Crippen LogP contribution in [0.4, 0.5) is 0 Å². The summed E-state index contributed by atoms with van der Waals surface area (Å²) in [6.45, 7) is 5.27. The highest BCUT2D eigenvalue weighted by atomic mass is 16.3. The molecular weight excluding hydrogens is 1020 g/mol. The van der Waals surface area contributed by atoms with Crippen molar-refractivity contribution in [3.05, 3.63) is 36.0 Å². The number of nitrogens with two attached hydrogens (primary N) is 4. The van der Waals surface area contributed by atoms with Crippen LogP contribution in [0.5, 0.6) is 0 Å². The molecule has 24 heteroatoms. The molecule has 0 radical (unpaired) electrons. The molecule has 9 atom stereocenters. The van der Waals surface area contributed by atoms with Crippen LogP contribution >= 0.6 is 0 Å². The smallest absolute Gasteiger partial charge is 0.243 e. The van der Waals surface area contributed by atoms with Gasteiger partial charge in [0.1, 0.15) is 48.3 Å². The molecule has 1 saturated carbocycles. The molecule has 1 aromatic heterocycles. The van der Waals surface area contributed by atoms with Crippen LogP contribution in [-0.2, 0) is 49.6 Å². The van der Waals surface area contributed by atoms with Crippen molar-refractivity contribution in [3.63, 3.8) is 0 Å². The maximum Gasteiger partial charge on any atom is 0.243 e. The summed E-state index contributed by atoms with van der Waals surface area (Å²) in [5, 5.41) is 36.1. The predicted octanol–water partition coefficient (Wildman–Crippen LogP) is -0.758. The Morgan fingerprint density at radius 3 is 1.82 bits per heavy atom. The predicted molar refractivity (Wildman–Crippen MR) is 300 cm³/mol. The second-order valence-electron chi connectivity index (χ2n) is 21.5. The van der Waals surface area contributed by atoms with Crippen LogP contribution in [0.3, 0.4) is 0 Å². The highest BCUT2D eigenvalue weighted by Gasteiger charge is 2.38. The quantitative estimate of drug-likeness (QED) is 0.0575. The van der Waals surface area contributed by atoms with Crippen molar-refractivity contribution in [3.8, 4) is 0 Å². The average molecular weight is 1110 g/mol. The zero-order valence-electron chi connectivity index (χ0n) is 46.6. The molecule has 1 aliphatic carbocycles. The van der Waals surface area contributed by atoms with E-state index < -0.39 is 108 Å². The van der Waals surface area contributed by atoms with Crippen LogP contribution in [0.25, 0.3) is 10.9 Å². The first-order chi connectivity index (χ1) is 37.9. The lowest BCUT2D eigenvalue weighted by atomic mass is 9.83. The van der Waals surface area contributed by atoms with E-state index in [0.29, 0.717) is 24.8 Å². The van der Waals surface area contributed by atoms with Crippen molar-refractivity contribution in [1.82, 2.24) is 52.8 Å². The Morgan fingerprint density at radius 1 is 0.646 bits per heavy atom. The number of aliphatic hydroxyl groups excluding tert-OH is 1. The second kappa shape index (κ2) is 34.7. The maximum atomic E-state index is 14.6. The van der Waals surface area contributed by atoms with Crippen LogP contribution in [0.15, 0.2) is 30.5 Å². The topological polar surface area (TPSA) is 402 Å². The van der Waals surface area contributed by atoms with Gasteiger partial charge in [0.05, 0.1) is 12.5 Å². The minimum Gasteiger partial charge on any atom is -0.393 e. The number of aliphatic hydroxyl groups is 1. The summed E-state index contributed by atoms with van der Waals surface area (Å²) in [5.74, 6) is -7.14. The molecule has 2 heterocycles. The van der Waals surface area contributed by atoms with Crippen LogP contribution in [0, 0.1) is 11.8 Å². The first-order valence-corrected chi connectivity index (χ1v) is 28.7. The van der Waals surface area contributed by atoms with E-state index in [1.54, 1.807) is 6.20 Å². The monoisotopic (exact) mass is 1110 g/mol. The number of hydrogen-bond acceptors (Lipinski definition) is 14. The van der Waals surface area contributed by atoms with Crippen molar-refractivity contribution in [2.24, 2.45) is 34.8 Å². The summed E-state index contributed by atoms with van der Waals surface area (Å²) in [6.07, 6.45) is 8.77. The van der Waals surface area contributed by atoms with E-state index in [1.165, 1.54) is 0 Å². The number of H-pyrrole nitrogens is 1. The lowest BCUT2D eigenvalue weighted by molar-refractivity contribution is -0.137. The number of nitrogens with one attached hydrogen (secondary N) is 10. The molecule has 1 aliphatic heterocycles. The zero-order valence-corrected chi connectivity index (χ0v) is 46.6. The number of carbonyl (C=O) groups excluding carboxylic acids is 9. The summed E-state index contributed by atoms with van der Waals surface area (Å²) in [6, 6.07) is -2.96. The Hall–Kier alpha value is -6.21. The van der Waals surface area contributed by atoms with E-state index >= 15 is 0 Å². The SMILES string of the molecule is CCCCCCC[C@@H](O)CC(=O)N[C@H](CCN)C(=O)N[C@H]1CCNC(=O)[C@H](Cc2c[nH]c3ccccc23)NC(=O)[C@H](CCN)NC(=O)[C@H](CCN)NC(=O)[C@H](CC(C)C)NC(=O)[C@@H](C2CCCCC2)NC(=O)[C@H](CCN)NC1=O. The highest BCUT2D eigenvalue weighted by molar-refractivity contribution is 5.98. The van der Waals surface area contributed by atoms with Gasteiger partial charge in [-0.1, -0.05) is 90.3 Å². The minimum absolute atomic E-state index is 0.0454. The molecular formula is C55H92N14O10. The van der Waals surface area contributed by atoms with E-state index in [9.17, 15) is 48.3 Å². The first-order valence-electron chi connectivity index (χ1n) is 28.7. The fraction of sp³-hybridized carbons (Fsp3) is 0.691. The molecule has 0 spiro atoms. The van der Waals surface area contributed by atoms with E-state index in [1.807, 2.05) is 38.1 Å². The normalized spacial score (nSPS) is 23.8. The third kappa shape index (κ3) is 21.8.